The highest BCUT2D eigenvalue weighted by Crippen LogP contribution is 2.34. The van der Waals surface area contributed by atoms with Gasteiger partial charge in [0.2, 0.25) is 0 Å². The Balaban J connectivity index is 1.90. The number of thiazole rings is 1. The van der Waals surface area contributed by atoms with Crippen molar-refractivity contribution in [3.8, 4) is 10.6 Å². The average Bonchev–Trinajstić information content (AvgIpc) is 3.05. The number of nitrogens with zero attached hydrogens (tertiary/aromatic N) is 3. The minimum absolute atomic E-state index is 0.0321. The molecule has 4 rings (SSSR count). The Morgan fingerprint density at radius 1 is 1.08 bits per heavy atom. The molecule has 4 aromatic rings. The van der Waals surface area contributed by atoms with Crippen LogP contribution in [-0.4, -0.2) is 27.2 Å². The number of aliphatic hydroxyl groups excluding tert-OH is 1. The first-order valence-electron chi connectivity index (χ1n) is 7.95. The molecule has 0 aliphatic carbocycles. The third kappa shape index (κ3) is 2.89. The number of aromatic nitrogens is 3. The summed E-state index contributed by atoms with van der Waals surface area (Å²) < 4.78 is 6.26. The first kappa shape index (κ1) is 16.1. The fraction of sp³-hybridized carbons (Fsp3) is 0.211. The van der Waals surface area contributed by atoms with E-state index < -0.39 is 0 Å². The number of aliphatic hydroxyl groups is 1. The SMILES string of the molecule is COCc1nc2cccc(-c3nc4ccc(CO)cc4s3)c2nc1C. The molecule has 2 aromatic carbocycles. The maximum Gasteiger partial charge on any atom is 0.126 e. The lowest BCUT2D eigenvalue weighted by Crippen LogP contribution is -2.00. The second-order valence-corrected chi connectivity index (χ2v) is 6.87. The zero-order valence-electron chi connectivity index (χ0n) is 14.0. The second-order valence-electron chi connectivity index (χ2n) is 5.84. The Bertz CT molecular complexity index is 1080. The van der Waals surface area contributed by atoms with Gasteiger partial charge in [-0.2, -0.15) is 0 Å². The van der Waals surface area contributed by atoms with Crippen LogP contribution >= 0.6 is 11.3 Å². The fourth-order valence-corrected chi connectivity index (χ4v) is 3.88. The molecule has 0 aliphatic heterocycles. The van der Waals surface area contributed by atoms with Crippen LogP contribution in [0.3, 0.4) is 0 Å². The van der Waals surface area contributed by atoms with Gasteiger partial charge < -0.3 is 9.84 Å². The van der Waals surface area contributed by atoms with Gasteiger partial charge in [-0.15, -0.1) is 11.3 Å². The molecule has 6 heteroatoms. The summed E-state index contributed by atoms with van der Waals surface area (Å²) in [7, 11) is 1.66. The summed E-state index contributed by atoms with van der Waals surface area (Å²) in [6.45, 7) is 2.43. The van der Waals surface area contributed by atoms with Gasteiger partial charge in [0.25, 0.3) is 0 Å². The summed E-state index contributed by atoms with van der Waals surface area (Å²) in [5.41, 5.74) is 6.19. The molecule has 0 atom stereocenters. The van der Waals surface area contributed by atoms with Gasteiger partial charge in [-0.1, -0.05) is 12.1 Å². The molecule has 126 valence electrons. The normalized spacial score (nSPS) is 11.5. The van der Waals surface area contributed by atoms with Crippen LogP contribution in [0.4, 0.5) is 0 Å². The van der Waals surface area contributed by atoms with Crippen molar-refractivity contribution >= 4 is 32.6 Å². The number of fused-ring (bicyclic) bond motifs is 2. The number of hydrogen-bond acceptors (Lipinski definition) is 6. The highest BCUT2D eigenvalue weighted by Gasteiger charge is 2.13. The van der Waals surface area contributed by atoms with E-state index in [1.807, 2.05) is 43.3 Å². The Morgan fingerprint density at radius 2 is 1.96 bits per heavy atom. The third-order valence-corrected chi connectivity index (χ3v) is 5.17. The summed E-state index contributed by atoms with van der Waals surface area (Å²) in [6, 6.07) is 11.8. The lowest BCUT2D eigenvalue weighted by molar-refractivity contribution is 0.181. The maximum atomic E-state index is 9.32. The number of methoxy groups -OCH3 is 1. The van der Waals surface area contributed by atoms with Crippen LogP contribution in [0.1, 0.15) is 17.0 Å². The smallest absolute Gasteiger partial charge is 0.126 e. The van der Waals surface area contributed by atoms with Crippen LogP contribution in [0.5, 0.6) is 0 Å². The van der Waals surface area contributed by atoms with E-state index in [9.17, 15) is 5.11 Å². The van der Waals surface area contributed by atoms with Crippen LogP contribution in [0.25, 0.3) is 31.8 Å². The molecule has 0 saturated carbocycles. The lowest BCUT2D eigenvalue weighted by Gasteiger charge is -2.08. The van der Waals surface area contributed by atoms with E-state index in [0.717, 1.165) is 48.8 Å². The minimum atomic E-state index is 0.0321. The van der Waals surface area contributed by atoms with Crippen LogP contribution in [0.2, 0.25) is 0 Å². The summed E-state index contributed by atoms with van der Waals surface area (Å²) in [6.07, 6.45) is 0. The Hall–Kier alpha value is -2.41. The Morgan fingerprint density at radius 3 is 2.76 bits per heavy atom. The first-order chi connectivity index (χ1) is 12.2. The zero-order valence-corrected chi connectivity index (χ0v) is 14.8. The molecule has 5 nitrogen and oxygen atoms in total. The van der Waals surface area contributed by atoms with Crippen LogP contribution < -0.4 is 0 Å². The second kappa shape index (κ2) is 6.48. The van der Waals surface area contributed by atoms with Crippen molar-refractivity contribution in [3.05, 3.63) is 53.3 Å². The van der Waals surface area contributed by atoms with Crippen molar-refractivity contribution in [1.82, 2.24) is 15.0 Å². The van der Waals surface area contributed by atoms with Gasteiger partial charge >= 0.3 is 0 Å². The molecule has 0 fully saturated rings. The van der Waals surface area contributed by atoms with Gasteiger partial charge in [-0.3, -0.25) is 0 Å². The van der Waals surface area contributed by atoms with E-state index in [1.165, 1.54) is 0 Å². The highest BCUT2D eigenvalue weighted by atomic mass is 32.1. The molecule has 0 radical (unpaired) electrons. The van der Waals surface area contributed by atoms with Gasteiger partial charge in [0.1, 0.15) is 5.01 Å². The summed E-state index contributed by atoms with van der Waals surface area (Å²) >= 11 is 1.60. The predicted octanol–water partition coefficient (Wildman–Crippen LogP) is 3.85. The number of benzene rings is 2. The molecule has 0 amide bonds. The minimum Gasteiger partial charge on any atom is -0.392 e. The van der Waals surface area contributed by atoms with Gasteiger partial charge in [0.15, 0.2) is 0 Å². The summed E-state index contributed by atoms with van der Waals surface area (Å²) in [5.74, 6) is 0. The van der Waals surface area contributed by atoms with Crippen LogP contribution in [0.15, 0.2) is 36.4 Å². The molecule has 2 heterocycles. The van der Waals surface area contributed by atoms with Gasteiger partial charge in [0, 0.05) is 12.7 Å². The molecule has 0 saturated heterocycles. The highest BCUT2D eigenvalue weighted by molar-refractivity contribution is 7.21. The van der Waals surface area contributed by atoms with E-state index in [-0.39, 0.29) is 6.61 Å². The van der Waals surface area contributed by atoms with Gasteiger partial charge in [-0.05, 0) is 36.8 Å². The van der Waals surface area contributed by atoms with Crippen molar-refractivity contribution in [2.75, 3.05) is 7.11 Å². The van der Waals surface area contributed by atoms with E-state index in [4.69, 9.17) is 14.7 Å². The van der Waals surface area contributed by atoms with Crippen LogP contribution in [-0.2, 0) is 18.0 Å². The molecule has 2 aromatic heterocycles. The fourth-order valence-electron chi connectivity index (χ4n) is 2.83. The van der Waals surface area contributed by atoms with Gasteiger partial charge in [0.05, 0.1) is 45.9 Å². The molecular formula is C19H17N3O2S. The Kier molecular flexibility index (Phi) is 4.17. The summed E-state index contributed by atoms with van der Waals surface area (Å²) in [4.78, 5) is 14.2. The third-order valence-electron chi connectivity index (χ3n) is 4.11. The molecule has 0 aliphatic rings. The maximum absolute atomic E-state index is 9.32. The van der Waals surface area contributed by atoms with E-state index in [2.05, 4.69) is 4.98 Å². The molecule has 0 spiro atoms. The lowest BCUT2D eigenvalue weighted by atomic mass is 10.1. The van der Waals surface area contributed by atoms with E-state index >= 15 is 0 Å². The Labute approximate surface area is 149 Å². The number of ether oxygens (including phenoxy) is 1. The van der Waals surface area contributed by atoms with Crippen molar-refractivity contribution in [3.63, 3.8) is 0 Å². The largest absolute Gasteiger partial charge is 0.392 e. The average molecular weight is 351 g/mol. The zero-order chi connectivity index (χ0) is 17.4. The van der Waals surface area contributed by atoms with Crippen molar-refractivity contribution < 1.29 is 9.84 Å². The monoisotopic (exact) mass is 351 g/mol. The van der Waals surface area contributed by atoms with Crippen molar-refractivity contribution in [2.45, 2.75) is 20.1 Å². The first-order valence-corrected chi connectivity index (χ1v) is 8.77. The van der Waals surface area contributed by atoms with Gasteiger partial charge in [-0.25, -0.2) is 15.0 Å². The molecule has 25 heavy (non-hydrogen) atoms. The number of hydrogen-bond donors (Lipinski definition) is 1. The van der Waals surface area contributed by atoms with E-state index in [1.54, 1.807) is 18.4 Å². The van der Waals surface area contributed by atoms with E-state index in [0.29, 0.717) is 6.61 Å². The molecular weight excluding hydrogens is 334 g/mol. The molecule has 1 N–H and O–H groups in total. The number of para-hydroxylation sites is 1. The topological polar surface area (TPSA) is 68.1 Å². The standard InChI is InChI=1S/C19H17N3O2S/c1-11-16(10-24-2)21-15-5-3-4-13(18(15)20-11)19-22-14-7-6-12(9-23)8-17(14)25-19/h3-8,23H,9-10H2,1-2H3. The number of aryl methyl sites for hydroxylation is 1. The number of rotatable bonds is 4. The summed E-state index contributed by atoms with van der Waals surface area (Å²) in [5, 5.41) is 10.2. The van der Waals surface area contributed by atoms with Crippen LogP contribution in [0, 0.1) is 6.92 Å². The van der Waals surface area contributed by atoms with Crippen molar-refractivity contribution in [2.24, 2.45) is 0 Å². The molecule has 0 unspecified atom stereocenters. The molecule has 0 bridgehead atoms. The predicted molar refractivity (Wildman–Crippen MR) is 99.5 cm³/mol. The quantitative estimate of drug-likeness (QED) is 0.605. The van der Waals surface area contributed by atoms with Crippen molar-refractivity contribution in [1.29, 1.82) is 0 Å².